The Morgan fingerprint density at radius 1 is 0.962 bits per heavy atom. The highest BCUT2D eigenvalue weighted by atomic mass is 16.6. The zero-order valence-electron chi connectivity index (χ0n) is 14.4. The van der Waals surface area contributed by atoms with Crippen molar-refractivity contribution in [2.24, 2.45) is 0 Å². The van der Waals surface area contributed by atoms with E-state index in [0.717, 1.165) is 11.8 Å². The van der Waals surface area contributed by atoms with Crippen molar-refractivity contribution in [3.8, 4) is 11.5 Å². The summed E-state index contributed by atoms with van der Waals surface area (Å²) in [5, 5.41) is 12.8. The normalized spacial score (nSPS) is 11.0. The van der Waals surface area contributed by atoms with E-state index in [1.165, 1.54) is 16.8 Å². The lowest BCUT2D eigenvalue weighted by atomic mass is 10.1. The summed E-state index contributed by atoms with van der Waals surface area (Å²) in [6.45, 7) is 2.77. The van der Waals surface area contributed by atoms with Crippen molar-refractivity contribution >= 4 is 16.8 Å². The number of hydrogen-bond acceptors (Lipinski definition) is 4. The predicted molar refractivity (Wildman–Crippen MR) is 102 cm³/mol. The molecule has 0 spiro atoms. The Kier molecular flexibility index (Phi) is 5.49. The second-order valence-electron chi connectivity index (χ2n) is 5.71. The first kappa shape index (κ1) is 17.5. The summed E-state index contributed by atoms with van der Waals surface area (Å²) in [6.07, 6.45) is 2.33. The molecule has 0 radical (unpaired) electrons. The van der Waals surface area contributed by atoms with Gasteiger partial charge in [-0.1, -0.05) is 42.5 Å². The van der Waals surface area contributed by atoms with Crippen LogP contribution in [0, 0.1) is 10.1 Å². The standard InChI is InChI=1S/C21H19NO4/c1-2-25-21-14-16(11-12-22(23)24)8-10-20(21)26-15-17-7-9-18-5-3-4-6-19(18)13-17/h3-14H,2,15H2,1H3. The Morgan fingerprint density at radius 2 is 1.77 bits per heavy atom. The van der Waals surface area contributed by atoms with Gasteiger partial charge in [-0.3, -0.25) is 10.1 Å². The van der Waals surface area contributed by atoms with Gasteiger partial charge in [0.05, 0.1) is 11.5 Å². The fourth-order valence-corrected chi connectivity index (χ4v) is 2.65. The van der Waals surface area contributed by atoms with Gasteiger partial charge in [-0.15, -0.1) is 0 Å². The molecular formula is C21H19NO4. The maximum absolute atomic E-state index is 10.5. The van der Waals surface area contributed by atoms with Gasteiger partial charge in [0.15, 0.2) is 11.5 Å². The summed E-state index contributed by atoms with van der Waals surface area (Å²) in [4.78, 5) is 9.97. The maximum atomic E-state index is 10.5. The summed E-state index contributed by atoms with van der Waals surface area (Å²) in [7, 11) is 0. The molecule has 0 aromatic heterocycles. The highest BCUT2D eigenvalue weighted by molar-refractivity contribution is 5.82. The zero-order valence-corrected chi connectivity index (χ0v) is 14.4. The first-order chi connectivity index (χ1) is 12.7. The number of nitrogens with zero attached hydrogens (tertiary/aromatic N) is 1. The van der Waals surface area contributed by atoms with E-state index >= 15 is 0 Å². The predicted octanol–water partition coefficient (Wildman–Crippen LogP) is 5.06. The van der Waals surface area contributed by atoms with Crippen LogP contribution in [0.4, 0.5) is 0 Å². The average molecular weight is 349 g/mol. The summed E-state index contributed by atoms with van der Waals surface area (Å²) < 4.78 is 11.5. The van der Waals surface area contributed by atoms with Crippen molar-refractivity contribution in [1.29, 1.82) is 0 Å². The van der Waals surface area contributed by atoms with Crippen LogP contribution in [0.5, 0.6) is 11.5 Å². The lowest BCUT2D eigenvalue weighted by Crippen LogP contribution is -2.00. The third kappa shape index (κ3) is 4.39. The van der Waals surface area contributed by atoms with E-state index in [4.69, 9.17) is 9.47 Å². The largest absolute Gasteiger partial charge is 0.490 e. The number of rotatable bonds is 7. The first-order valence-corrected chi connectivity index (χ1v) is 8.35. The van der Waals surface area contributed by atoms with Crippen molar-refractivity contribution in [3.63, 3.8) is 0 Å². The average Bonchev–Trinajstić information content (AvgIpc) is 2.65. The van der Waals surface area contributed by atoms with Crippen LogP contribution >= 0.6 is 0 Å². The second kappa shape index (κ2) is 8.16. The summed E-state index contributed by atoms with van der Waals surface area (Å²) in [5.41, 5.74) is 1.74. The molecule has 0 bridgehead atoms. The molecule has 0 N–H and O–H groups in total. The van der Waals surface area contributed by atoms with Crippen LogP contribution in [0.1, 0.15) is 18.1 Å². The Morgan fingerprint density at radius 3 is 2.54 bits per heavy atom. The molecule has 0 aliphatic carbocycles. The number of benzene rings is 3. The smallest absolute Gasteiger partial charge is 0.235 e. The highest BCUT2D eigenvalue weighted by Crippen LogP contribution is 2.30. The third-order valence-electron chi connectivity index (χ3n) is 3.86. The summed E-state index contributed by atoms with van der Waals surface area (Å²) >= 11 is 0. The first-order valence-electron chi connectivity index (χ1n) is 8.35. The van der Waals surface area contributed by atoms with Crippen molar-refractivity contribution in [1.82, 2.24) is 0 Å². The molecule has 3 aromatic carbocycles. The van der Waals surface area contributed by atoms with E-state index in [-0.39, 0.29) is 0 Å². The molecule has 3 rings (SSSR count). The van der Waals surface area contributed by atoms with Crippen LogP contribution in [-0.2, 0) is 6.61 Å². The Labute approximate surface area is 151 Å². The van der Waals surface area contributed by atoms with Crippen molar-refractivity contribution in [2.75, 3.05) is 6.61 Å². The molecule has 0 amide bonds. The van der Waals surface area contributed by atoms with Crippen LogP contribution in [-0.4, -0.2) is 11.5 Å². The van der Waals surface area contributed by atoms with Gasteiger partial charge in [0.2, 0.25) is 6.20 Å². The van der Waals surface area contributed by atoms with E-state index in [1.54, 1.807) is 18.2 Å². The van der Waals surface area contributed by atoms with Gasteiger partial charge < -0.3 is 9.47 Å². The van der Waals surface area contributed by atoms with Gasteiger partial charge in [0.25, 0.3) is 0 Å². The maximum Gasteiger partial charge on any atom is 0.235 e. The van der Waals surface area contributed by atoms with Crippen LogP contribution < -0.4 is 9.47 Å². The van der Waals surface area contributed by atoms with E-state index in [9.17, 15) is 10.1 Å². The quantitative estimate of drug-likeness (QED) is 0.441. The number of fused-ring (bicyclic) bond motifs is 1. The van der Waals surface area contributed by atoms with E-state index in [2.05, 4.69) is 24.3 Å². The molecule has 132 valence electrons. The fourth-order valence-electron chi connectivity index (χ4n) is 2.65. The fraction of sp³-hybridized carbons (Fsp3) is 0.143. The van der Waals surface area contributed by atoms with Gasteiger partial charge in [-0.25, -0.2) is 0 Å². The van der Waals surface area contributed by atoms with Crippen LogP contribution in [0.15, 0.2) is 66.9 Å². The van der Waals surface area contributed by atoms with Gasteiger partial charge in [-0.2, -0.15) is 0 Å². The van der Waals surface area contributed by atoms with Crippen LogP contribution in [0.2, 0.25) is 0 Å². The molecule has 3 aromatic rings. The molecule has 5 nitrogen and oxygen atoms in total. The Bertz CT molecular complexity index is 950. The Balaban J connectivity index is 1.77. The van der Waals surface area contributed by atoms with E-state index in [1.807, 2.05) is 25.1 Å². The molecule has 5 heteroatoms. The van der Waals surface area contributed by atoms with Gasteiger partial charge in [-0.05, 0) is 47.0 Å². The molecule has 0 heterocycles. The number of hydrogen-bond donors (Lipinski definition) is 0. The van der Waals surface area contributed by atoms with Crippen molar-refractivity contribution < 1.29 is 14.4 Å². The SMILES string of the molecule is CCOc1cc(C=C[N+](=O)[O-])ccc1OCc1ccc2ccccc2c1. The molecule has 0 unspecified atom stereocenters. The number of ether oxygens (including phenoxy) is 2. The second-order valence-corrected chi connectivity index (χ2v) is 5.71. The summed E-state index contributed by atoms with van der Waals surface area (Å²) in [5.74, 6) is 1.18. The molecule has 0 fully saturated rings. The third-order valence-corrected chi connectivity index (χ3v) is 3.86. The minimum absolute atomic E-state index is 0.412. The minimum atomic E-state index is -0.496. The molecule has 0 saturated heterocycles. The lowest BCUT2D eigenvalue weighted by Gasteiger charge is -2.13. The van der Waals surface area contributed by atoms with Crippen molar-refractivity contribution in [3.05, 3.63) is 88.1 Å². The van der Waals surface area contributed by atoms with E-state index < -0.39 is 4.92 Å². The monoisotopic (exact) mass is 349 g/mol. The van der Waals surface area contributed by atoms with Gasteiger partial charge in [0.1, 0.15) is 6.61 Å². The molecule has 0 atom stereocenters. The molecule has 0 aliphatic heterocycles. The van der Waals surface area contributed by atoms with E-state index in [0.29, 0.717) is 30.3 Å². The van der Waals surface area contributed by atoms with Crippen LogP contribution in [0.3, 0.4) is 0 Å². The molecule has 0 saturated carbocycles. The topological polar surface area (TPSA) is 61.6 Å². The highest BCUT2D eigenvalue weighted by Gasteiger charge is 2.07. The molecular weight excluding hydrogens is 330 g/mol. The minimum Gasteiger partial charge on any atom is -0.490 e. The lowest BCUT2D eigenvalue weighted by molar-refractivity contribution is -0.400. The number of nitro groups is 1. The zero-order chi connectivity index (χ0) is 18.4. The summed E-state index contributed by atoms with van der Waals surface area (Å²) in [6, 6.07) is 19.7. The Hall–Kier alpha value is -3.34. The van der Waals surface area contributed by atoms with Crippen molar-refractivity contribution in [2.45, 2.75) is 13.5 Å². The van der Waals surface area contributed by atoms with Gasteiger partial charge in [0, 0.05) is 6.08 Å². The molecule has 26 heavy (non-hydrogen) atoms. The van der Waals surface area contributed by atoms with Crippen LogP contribution in [0.25, 0.3) is 16.8 Å². The molecule has 0 aliphatic rings. The van der Waals surface area contributed by atoms with Gasteiger partial charge >= 0.3 is 0 Å².